The molecule has 0 aliphatic rings. The summed E-state index contributed by atoms with van der Waals surface area (Å²) in [5.41, 5.74) is 12.6. The lowest BCUT2D eigenvalue weighted by molar-refractivity contribution is 0.0950. The smallest absolute Gasteiger partial charge is 0.270 e. The van der Waals surface area contributed by atoms with Gasteiger partial charge >= 0.3 is 0 Å². The lowest BCUT2D eigenvalue weighted by Crippen LogP contribution is -2.29. The van der Waals surface area contributed by atoms with Crippen LogP contribution >= 0.6 is 34.8 Å². The summed E-state index contributed by atoms with van der Waals surface area (Å²) in [5, 5.41) is 3.67. The van der Waals surface area contributed by atoms with Crippen LogP contribution in [0.25, 0.3) is 11.1 Å². The van der Waals surface area contributed by atoms with Crippen LogP contribution in [0.1, 0.15) is 10.5 Å². The van der Waals surface area contributed by atoms with E-state index in [2.05, 4.69) is 10.3 Å². The molecule has 22 heavy (non-hydrogen) atoms. The lowest BCUT2D eigenvalue weighted by atomic mass is 10.1. The number of nitrogens with zero attached hydrogens (tertiary/aromatic N) is 1. The van der Waals surface area contributed by atoms with Crippen molar-refractivity contribution in [3.63, 3.8) is 0 Å². The van der Waals surface area contributed by atoms with E-state index in [0.29, 0.717) is 39.3 Å². The van der Waals surface area contributed by atoms with Crippen LogP contribution in [-0.4, -0.2) is 24.0 Å². The van der Waals surface area contributed by atoms with Gasteiger partial charge in [-0.15, -0.1) is 0 Å². The summed E-state index contributed by atoms with van der Waals surface area (Å²) in [4.78, 5) is 15.9. The summed E-state index contributed by atoms with van der Waals surface area (Å²) in [6.07, 6.45) is 0. The standard InChI is InChI=1S/C14H13Cl3N4O/c15-7-5-9(12(17)10(16)6-7)8-1-2-11(21-13(8)19)14(22)20-4-3-18/h1-2,5-6H,3-4,18H2,(H2,19,21)(H,20,22). The number of hydrogen-bond donors (Lipinski definition) is 3. The molecule has 116 valence electrons. The van der Waals surface area contributed by atoms with Crippen molar-refractivity contribution < 1.29 is 4.79 Å². The van der Waals surface area contributed by atoms with Crippen LogP contribution in [0, 0.1) is 0 Å². The Morgan fingerprint density at radius 2 is 1.91 bits per heavy atom. The molecule has 1 aromatic heterocycles. The molecule has 0 saturated heterocycles. The molecule has 0 spiro atoms. The lowest BCUT2D eigenvalue weighted by Gasteiger charge is -2.11. The molecule has 0 radical (unpaired) electrons. The van der Waals surface area contributed by atoms with Crippen molar-refractivity contribution in [2.75, 3.05) is 18.8 Å². The van der Waals surface area contributed by atoms with Crippen LogP contribution in [0.4, 0.5) is 5.82 Å². The zero-order chi connectivity index (χ0) is 16.3. The molecular weight excluding hydrogens is 347 g/mol. The van der Waals surface area contributed by atoms with E-state index in [9.17, 15) is 4.79 Å². The van der Waals surface area contributed by atoms with Crippen molar-refractivity contribution in [1.29, 1.82) is 0 Å². The largest absolute Gasteiger partial charge is 0.383 e. The van der Waals surface area contributed by atoms with Gasteiger partial charge in [0.2, 0.25) is 0 Å². The molecule has 0 atom stereocenters. The zero-order valence-electron chi connectivity index (χ0n) is 11.4. The first kappa shape index (κ1) is 16.8. The maximum atomic E-state index is 11.8. The Labute approximate surface area is 142 Å². The number of halogens is 3. The summed E-state index contributed by atoms with van der Waals surface area (Å²) in [6, 6.07) is 6.36. The van der Waals surface area contributed by atoms with Gasteiger partial charge in [0.15, 0.2) is 0 Å². The first-order valence-corrected chi connectivity index (χ1v) is 7.47. The molecule has 1 aromatic carbocycles. The van der Waals surface area contributed by atoms with Crippen molar-refractivity contribution in [2.45, 2.75) is 0 Å². The molecule has 0 saturated carbocycles. The molecule has 5 nitrogen and oxygen atoms in total. The van der Waals surface area contributed by atoms with E-state index in [1.54, 1.807) is 18.2 Å². The number of nitrogens with two attached hydrogens (primary N) is 2. The maximum Gasteiger partial charge on any atom is 0.270 e. The third kappa shape index (κ3) is 3.62. The van der Waals surface area contributed by atoms with E-state index in [0.717, 1.165) is 0 Å². The Kier molecular flexibility index (Phi) is 5.47. The van der Waals surface area contributed by atoms with Gasteiger partial charge in [0.1, 0.15) is 11.5 Å². The van der Waals surface area contributed by atoms with E-state index < -0.39 is 0 Å². The number of carbonyl (C=O) groups excluding carboxylic acids is 1. The fourth-order valence-electron chi connectivity index (χ4n) is 1.86. The van der Waals surface area contributed by atoms with Crippen LogP contribution in [0.15, 0.2) is 24.3 Å². The second-order valence-electron chi connectivity index (χ2n) is 4.42. The fourth-order valence-corrected chi connectivity index (χ4v) is 2.56. The summed E-state index contributed by atoms with van der Waals surface area (Å²) >= 11 is 18.2. The Hall–Kier alpha value is -1.53. The minimum absolute atomic E-state index is 0.153. The monoisotopic (exact) mass is 358 g/mol. The molecule has 0 aliphatic carbocycles. The number of benzene rings is 1. The second kappa shape index (κ2) is 7.15. The molecule has 0 fully saturated rings. The molecule has 0 bridgehead atoms. The highest BCUT2D eigenvalue weighted by molar-refractivity contribution is 6.45. The van der Waals surface area contributed by atoms with Gasteiger partial charge in [-0.2, -0.15) is 0 Å². The van der Waals surface area contributed by atoms with E-state index >= 15 is 0 Å². The molecule has 2 rings (SSSR count). The van der Waals surface area contributed by atoms with Gasteiger partial charge in [-0.05, 0) is 24.3 Å². The third-order valence-electron chi connectivity index (χ3n) is 2.87. The normalized spacial score (nSPS) is 10.5. The van der Waals surface area contributed by atoms with Gasteiger partial charge in [0.25, 0.3) is 5.91 Å². The van der Waals surface area contributed by atoms with Crippen LogP contribution in [-0.2, 0) is 0 Å². The number of pyridine rings is 1. The Morgan fingerprint density at radius 3 is 2.55 bits per heavy atom. The molecule has 1 amide bonds. The first-order valence-electron chi connectivity index (χ1n) is 6.33. The van der Waals surface area contributed by atoms with E-state index in [-0.39, 0.29) is 17.4 Å². The van der Waals surface area contributed by atoms with Crippen molar-refractivity contribution in [3.05, 3.63) is 45.0 Å². The molecule has 2 aromatic rings. The molecule has 0 unspecified atom stereocenters. The van der Waals surface area contributed by atoms with Crippen molar-refractivity contribution in [3.8, 4) is 11.1 Å². The number of nitrogen functional groups attached to an aromatic ring is 1. The van der Waals surface area contributed by atoms with Crippen LogP contribution < -0.4 is 16.8 Å². The van der Waals surface area contributed by atoms with Gasteiger partial charge < -0.3 is 16.8 Å². The van der Waals surface area contributed by atoms with Gasteiger partial charge in [-0.1, -0.05) is 34.8 Å². The van der Waals surface area contributed by atoms with Gasteiger partial charge in [0, 0.05) is 29.2 Å². The van der Waals surface area contributed by atoms with Gasteiger partial charge in [-0.3, -0.25) is 4.79 Å². The van der Waals surface area contributed by atoms with E-state index in [1.165, 1.54) is 6.07 Å². The molecule has 8 heteroatoms. The number of anilines is 1. The Bertz CT molecular complexity index is 721. The molecule has 1 heterocycles. The molecule has 0 aliphatic heterocycles. The maximum absolute atomic E-state index is 11.8. The SMILES string of the molecule is NCCNC(=O)c1ccc(-c2cc(Cl)cc(Cl)c2Cl)c(N)n1. The second-order valence-corrected chi connectivity index (χ2v) is 5.64. The third-order valence-corrected chi connectivity index (χ3v) is 3.89. The summed E-state index contributed by atoms with van der Waals surface area (Å²) < 4.78 is 0. The number of aromatic nitrogens is 1. The Morgan fingerprint density at radius 1 is 1.18 bits per heavy atom. The summed E-state index contributed by atoms with van der Waals surface area (Å²) in [7, 11) is 0. The quantitative estimate of drug-likeness (QED) is 0.731. The highest BCUT2D eigenvalue weighted by atomic mass is 35.5. The van der Waals surface area contributed by atoms with Crippen LogP contribution in [0.3, 0.4) is 0 Å². The van der Waals surface area contributed by atoms with Crippen molar-refractivity contribution in [2.24, 2.45) is 5.73 Å². The highest BCUT2D eigenvalue weighted by Crippen LogP contribution is 2.38. The molecule has 5 N–H and O–H groups in total. The number of carbonyl (C=O) groups is 1. The number of rotatable bonds is 4. The van der Waals surface area contributed by atoms with Gasteiger partial charge in [0.05, 0.1) is 10.0 Å². The summed E-state index contributed by atoms with van der Waals surface area (Å²) in [6.45, 7) is 0.702. The topological polar surface area (TPSA) is 94.0 Å². The number of amides is 1. The first-order chi connectivity index (χ1) is 10.4. The van der Waals surface area contributed by atoms with Crippen LogP contribution in [0.2, 0.25) is 15.1 Å². The number of nitrogens with one attached hydrogen (secondary N) is 1. The number of hydrogen-bond acceptors (Lipinski definition) is 4. The predicted molar refractivity (Wildman–Crippen MR) is 90.5 cm³/mol. The average molecular weight is 360 g/mol. The van der Waals surface area contributed by atoms with E-state index in [1.807, 2.05) is 0 Å². The van der Waals surface area contributed by atoms with Gasteiger partial charge in [-0.25, -0.2) is 4.98 Å². The van der Waals surface area contributed by atoms with Crippen molar-refractivity contribution >= 4 is 46.5 Å². The fraction of sp³-hybridized carbons (Fsp3) is 0.143. The predicted octanol–water partition coefficient (Wildman–Crippen LogP) is 2.98. The Balaban J connectivity index is 2.41. The minimum atomic E-state index is -0.348. The molecular formula is C14H13Cl3N4O. The zero-order valence-corrected chi connectivity index (χ0v) is 13.6. The van der Waals surface area contributed by atoms with Crippen LogP contribution in [0.5, 0.6) is 0 Å². The van der Waals surface area contributed by atoms with Crippen molar-refractivity contribution in [1.82, 2.24) is 10.3 Å². The minimum Gasteiger partial charge on any atom is -0.383 e. The highest BCUT2D eigenvalue weighted by Gasteiger charge is 2.15. The van der Waals surface area contributed by atoms with E-state index in [4.69, 9.17) is 46.3 Å². The summed E-state index contributed by atoms with van der Waals surface area (Å²) in [5.74, 6) is -0.195. The average Bonchev–Trinajstić information content (AvgIpc) is 2.48.